The molecule has 0 aromatic heterocycles. The number of piperidine rings is 1. The molecule has 0 spiro atoms. The number of benzene rings is 1. The minimum Gasteiger partial charge on any atom is -0.342 e. The Kier molecular flexibility index (Phi) is 4.83. The molecule has 1 aromatic rings. The first-order chi connectivity index (χ1) is 11.8. The van der Waals surface area contributed by atoms with E-state index in [0.717, 1.165) is 19.3 Å². The second kappa shape index (κ2) is 6.76. The number of primary sulfonamides is 1. The molecule has 3 rings (SSSR count). The molecule has 1 heterocycles. The van der Waals surface area contributed by atoms with Crippen LogP contribution in [0.1, 0.15) is 31.2 Å². The number of carbonyl (C=O) groups excluding carboxylic acids is 2. The van der Waals surface area contributed by atoms with Crippen molar-refractivity contribution in [1.82, 2.24) is 4.90 Å². The third-order valence-electron chi connectivity index (χ3n) is 4.79. The van der Waals surface area contributed by atoms with Gasteiger partial charge in [-0.2, -0.15) is 0 Å². The highest BCUT2D eigenvalue weighted by molar-refractivity contribution is 7.89. The molecule has 1 atom stereocenters. The van der Waals surface area contributed by atoms with E-state index in [4.69, 9.17) is 5.14 Å². The molecule has 7 nitrogen and oxygen atoms in total. The minimum atomic E-state index is -3.84. The van der Waals surface area contributed by atoms with Gasteiger partial charge in [-0.3, -0.25) is 9.59 Å². The van der Waals surface area contributed by atoms with E-state index in [9.17, 15) is 18.0 Å². The maximum absolute atomic E-state index is 12.5. The minimum absolute atomic E-state index is 0.000480. The monoisotopic (exact) mass is 365 g/mol. The Morgan fingerprint density at radius 1 is 1.20 bits per heavy atom. The molecular formula is C17H23N3O4S. The van der Waals surface area contributed by atoms with Gasteiger partial charge in [-0.15, -0.1) is 0 Å². The van der Waals surface area contributed by atoms with Crippen LogP contribution in [-0.2, 0) is 19.6 Å². The molecule has 1 saturated heterocycles. The number of amides is 2. The number of hydrogen-bond donors (Lipinski definition) is 2. The summed E-state index contributed by atoms with van der Waals surface area (Å²) in [5, 5.41) is 7.96. The van der Waals surface area contributed by atoms with Crippen LogP contribution >= 0.6 is 0 Å². The van der Waals surface area contributed by atoms with E-state index < -0.39 is 10.0 Å². The van der Waals surface area contributed by atoms with E-state index in [0.29, 0.717) is 30.8 Å². The normalized spacial score (nSPS) is 21.0. The van der Waals surface area contributed by atoms with Crippen LogP contribution < -0.4 is 10.5 Å². The predicted molar refractivity (Wildman–Crippen MR) is 93.2 cm³/mol. The number of likely N-dealkylation sites (tertiary alicyclic amines) is 1. The van der Waals surface area contributed by atoms with Gasteiger partial charge in [0.1, 0.15) is 0 Å². The largest absolute Gasteiger partial charge is 0.342 e. The molecule has 1 saturated carbocycles. The zero-order valence-electron chi connectivity index (χ0n) is 14.2. The molecule has 2 amide bonds. The lowest BCUT2D eigenvalue weighted by molar-refractivity contribution is -0.135. The summed E-state index contributed by atoms with van der Waals surface area (Å²) >= 11 is 0. The number of nitrogens with one attached hydrogen (secondary N) is 1. The standard InChI is InChI=1S/C17H23N3O4S/c1-11-4-7-14(9-15(11)25(18,23)24)19-16(21)13-3-2-8-20(10-13)17(22)12-5-6-12/h4,7,9,12-13H,2-3,5-6,8,10H2,1H3,(H,19,21)(H2,18,23,24). The highest BCUT2D eigenvalue weighted by Crippen LogP contribution is 2.32. The number of sulfonamides is 1. The van der Waals surface area contributed by atoms with Crippen molar-refractivity contribution in [1.29, 1.82) is 0 Å². The number of hydrogen-bond acceptors (Lipinski definition) is 4. The molecule has 1 aliphatic heterocycles. The van der Waals surface area contributed by atoms with Gasteiger partial charge in [0.25, 0.3) is 0 Å². The van der Waals surface area contributed by atoms with Crippen LogP contribution in [-0.4, -0.2) is 38.2 Å². The lowest BCUT2D eigenvalue weighted by atomic mass is 9.96. The van der Waals surface area contributed by atoms with E-state index >= 15 is 0 Å². The third kappa shape index (κ3) is 4.19. The molecule has 0 bridgehead atoms. The third-order valence-corrected chi connectivity index (χ3v) is 5.85. The zero-order chi connectivity index (χ0) is 18.2. The van der Waals surface area contributed by atoms with Crippen molar-refractivity contribution in [3.05, 3.63) is 23.8 Å². The molecule has 1 aromatic carbocycles. The van der Waals surface area contributed by atoms with E-state index in [-0.39, 0.29) is 28.5 Å². The maximum Gasteiger partial charge on any atom is 0.238 e. The van der Waals surface area contributed by atoms with Crippen LogP contribution in [0, 0.1) is 18.8 Å². The second-order valence-electron chi connectivity index (χ2n) is 6.91. The van der Waals surface area contributed by atoms with Crippen molar-refractivity contribution in [3.63, 3.8) is 0 Å². The van der Waals surface area contributed by atoms with Crippen LogP contribution in [0.25, 0.3) is 0 Å². The predicted octanol–water partition coefficient (Wildman–Crippen LogP) is 1.23. The summed E-state index contributed by atoms with van der Waals surface area (Å²) in [6.45, 7) is 2.78. The summed E-state index contributed by atoms with van der Waals surface area (Å²) in [5.41, 5.74) is 0.921. The van der Waals surface area contributed by atoms with Crippen LogP contribution in [0.2, 0.25) is 0 Å². The summed E-state index contributed by atoms with van der Waals surface area (Å²) in [6, 6.07) is 4.63. The first kappa shape index (κ1) is 17.9. The van der Waals surface area contributed by atoms with Gasteiger partial charge in [-0.1, -0.05) is 6.07 Å². The molecule has 25 heavy (non-hydrogen) atoms. The quantitative estimate of drug-likeness (QED) is 0.836. The Balaban J connectivity index is 1.68. The molecular weight excluding hydrogens is 342 g/mol. The van der Waals surface area contributed by atoms with Gasteiger partial charge in [0.15, 0.2) is 0 Å². The second-order valence-corrected chi connectivity index (χ2v) is 8.44. The highest BCUT2D eigenvalue weighted by atomic mass is 32.2. The van der Waals surface area contributed by atoms with Crippen molar-refractivity contribution >= 4 is 27.5 Å². The summed E-state index contributed by atoms with van der Waals surface area (Å²) in [4.78, 5) is 26.5. The molecule has 3 N–H and O–H groups in total. The van der Waals surface area contributed by atoms with Crippen molar-refractivity contribution in [3.8, 4) is 0 Å². The summed E-state index contributed by atoms with van der Waals surface area (Å²) in [6.07, 6.45) is 3.42. The van der Waals surface area contributed by atoms with Crippen LogP contribution in [0.4, 0.5) is 5.69 Å². The van der Waals surface area contributed by atoms with Gasteiger partial charge in [0.05, 0.1) is 10.8 Å². The lowest BCUT2D eigenvalue weighted by Crippen LogP contribution is -2.44. The Bertz CT molecular complexity index is 802. The van der Waals surface area contributed by atoms with Crippen LogP contribution in [0.5, 0.6) is 0 Å². The van der Waals surface area contributed by atoms with E-state index in [1.807, 2.05) is 0 Å². The van der Waals surface area contributed by atoms with Crippen molar-refractivity contribution in [2.75, 3.05) is 18.4 Å². The summed E-state index contributed by atoms with van der Waals surface area (Å²) < 4.78 is 23.2. The topological polar surface area (TPSA) is 110 Å². The number of aryl methyl sites for hydroxylation is 1. The van der Waals surface area contributed by atoms with Crippen LogP contribution in [0.15, 0.2) is 23.1 Å². The smallest absolute Gasteiger partial charge is 0.238 e. The Morgan fingerprint density at radius 3 is 2.56 bits per heavy atom. The Labute approximate surface area is 147 Å². The fourth-order valence-electron chi connectivity index (χ4n) is 3.21. The van der Waals surface area contributed by atoms with Gasteiger partial charge >= 0.3 is 0 Å². The molecule has 1 unspecified atom stereocenters. The number of carbonyl (C=O) groups is 2. The van der Waals surface area contributed by atoms with Crippen molar-refractivity contribution in [2.24, 2.45) is 17.0 Å². The Hall–Kier alpha value is -1.93. The highest BCUT2D eigenvalue weighted by Gasteiger charge is 2.36. The lowest BCUT2D eigenvalue weighted by Gasteiger charge is -2.32. The maximum atomic E-state index is 12.5. The fraction of sp³-hybridized carbons (Fsp3) is 0.529. The number of nitrogens with two attached hydrogens (primary N) is 1. The first-order valence-corrected chi connectivity index (χ1v) is 10.0. The first-order valence-electron chi connectivity index (χ1n) is 8.49. The van der Waals surface area contributed by atoms with E-state index in [1.54, 1.807) is 24.0 Å². The molecule has 0 radical (unpaired) electrons. The van der Waals surface area contributed by atoms with Gasteiger partial charge in [-0.05, 0) is 50.3 Å². The molecule has 2 aliphatic rings. The van der Waals surface area contributed by atoms with Crippen molar-refractivity contribution < 1.29 is 18.0 Å². The van der Waals surface area contributed by atoms with Gasteiger partial charge in [0.2, 0.25) is 21.8 Å². The van der Waals surface area contributed by atoms with Crippen molar-refractivity contribution in [2.45, 2.75) is 37.5 Å². The average molecular weight is 365 g/mol. The Morgan fingerprint density at radius 2 is 1.92 bits per heavy atom. The summed E-state index contributed by atoms with van der Waals surface area (Å²) in [7, 11) is -3.84. The van der Waals surface area contributed by atoms with Gasteiger partial charge < -0.3 is 10.2 Å². The number of rotatable bonds is 4. The fourth-order valence-corrected chi connectivity index (χ4v) is 4.02. The number of nitrogens with zero attached hydrogens (tertiary/aromatic N) is 1. The summed E-state index contributed by atoms with van der Waals surface area (Å²) in [5.74, 6) is -0.172. The molecule has 1 aliphatic carbocycles. The molecule has 8 heteroatoms. The van der Waals surface area contributed by atoms with E-state index in [1.165, 1.54) is 6.07 Å². The molecule has 136 valence electrons. The number of anilines is 1. The molecule has 2 fully saturated rings. The van der Waals surface area contributed by atoms with Crippen LogP contribution in [0.3, 0.4) is 0 Å². The SMILES string of the molecule is Cc1ccc(NC(=O)C2CCCN(C(=O)C3CC3)C2)cc1S(N)(=O)=O. The average Bonchev–Trinajstić information content (AvgIpc) is 3.40. The van der Waals surface area contributed by atoms with E-state index in [2.05, 4.69) is 5.32 Å². The van der Waals surface area contributed by atoms with Gasteiger partial charge in [-0.25, -0.2) is 13.6 Å². The van der Waals surface area contributed by atoms with Gasteiger partial charge in [0, 0.05) is 24.7 Å². The zero-order valence-corrected chi connectivity index (χ0v) is 15.0.